The summed E-state index contributed by atoms with van der Waals surface area (Å²) in [5.41, 5.74) is 0. The predicted octanol–water partition coefficient (Wildman–Crippen LogP) is 1.24. The Balaban J connectivity index is 4.03. The number of halogens is 1. The lowest BCUT2D eigenvalue weighted by molar-refractivity contribution is -0.145. The highest BCUT2D eigenvalue weighted by atomic mass is 35.5. The van der Waals surface area contributed by atoms with Crippen molar-refractivity contribution in [3.8, 4) is 0 Å². The molecule has 0 spiro atoms. The predicted molar refractivity (Wildman–Crippen MR) is 47.2 cm³/mol. The maximum atomic E-state index is 10.5. The van der Waals surface area contributed by atoms with Gasteiger partial charge in [0.15, 0.2) is 0 Å². The van der Waals surface area contributed by atoms with Crippen LogP contribution in [-0.4, -0.2) is 24.4 Å². The molecule has 0 aliphatic carbocycles. The van der Waals surface area contributed by atoms with Gasteiger partial charge in [-0.15, -0.1) is 11.6 Å². The van der Waals surface area contributed by atoms with Crippen molar-refractivity contribution in [2.45, 2.75) is 13.8 Å². The summed E-state index contributed by atoms with van der Waals surface area (Å²) in [5, 5.41) is 0. The van der Waals surface area contributed by atoms with Crippen molar-refractivity contribution < 1.29 is 19.1 Å². The molecule has 0 aromatic heterocycles. The highest BCUT2D eigenvalue weighted by Crippen LogP contribution is 2.00. The van der Waals surface area contributed by atoms with E-state index < -0.39 is 11.9 Å². The Kier molecular flexibility index (Phi) is 5.97. The lowest BCUT2D eigenvalue weighted by atomic mass is 10.5. The zero-order valence-corrected chi connectivity index (χ0v) is 8.26. The van der Waals surface area contributed by atoms with E-state index in [4.69, 9.17) is 16.3 Å². The van der Waals surface area contributed by atoms with Crippen molar-refractivity contribution in [1.82, 2.24) is 0 Å². The number of ether oxygens (including phenoxy) is 2. The van der Waals surface area contributed by atoms with Gasteiger partial charge in [0.25, 0.3) is 0 Å². The quantitative estimate of drug-likeness (QED) is 0.395. The van der Waals surface area contributed by atoms with E-state index in [1.165, 1.54) is 19.9 Å². The smallest absolute Gasteiger partial charge is 0.307 e. The molecule has 0 aromatic rings. The first kappa shape index (κ1) is 12.0. The zero-order valence-electron chi connectivity index (χ0n) is 7.50. The SMILES string of the molecule is CC(=O)OC/C(=C\CCl)OC(C)=O. The van der Waals surface area contributed by atoms with Crippen molar-refractivity contribution in [3.05, 3.63) is 11.8 Å². The van der Waals surface area contributed by atoms with Crippen molar-refractivity contribution in [1.29, 1.82) is 0 Å². The summed E-state index contributed by atoms with van der Waals surface area (Å²) < 4.78 is 9.32. The molecule has 0 N–H and O–H groups in total. The average molecular weight is 207 g/mol. The summed E-state index contributed by atoms with van der Waals surface area (Å²) >= 11 is 5.39. The Morgan fingerprint density at radius 3 is 2.31 bits per heavy atom. The molecule has 0 rings (SSSR count). The Bertz CT molecular complexity index is 222. The minimum absolute atomic E-state index is 0.0678. The summed E-state index contributed by atoms with van der Waals surface area (Å²) in [6, 6.07) is 0. The molecule has 0 bridgehead atoms. The molecule has 13 heavy (non-hydrogen) atoms. The summed E-state index contributed by atoms with van der Waals surface area (Å²) in [6.07, 6.45) is 1.46. The van der Waals surface area contributed by atoms with E-state index in [0.29, 0.717) is 0 Å². The van der Waals surface area contributed by atoms with E-state index in [9.17, 15) is 9.59 Å². The van der Waals surface area contributed by atoms with E-state index in [2.05, 4.69) is 4.74 Å². The van der Waals surface area contributed by atoms with Crippen LogP contribution in [-0.2, 0) is 19.1 Å². The third kappa shape index (κ3) is 7.33. The Morgan fingerprint density at radius 2 is 1.92 bits per heavy atom. The lowest BCUT2D eigenvalue weighted by Crippen LogP contribution is -2.08. The van der Waals surface area contributed by atoms with Crippen LogP contribution < -0.4 is 0 Å². The van der Waals surface area contributed by atoms with Crippen molar-refractivity contribution in [2.75, 3.05) is 12.5 Å². The van der Waals surface area contributed by atoms with Gasteiger partial charge in [-0.2, -0.15) is 0 Å². The van der Waals surface area contributed by atoms with E-state index in [0.717, 1.165) is 0 Å². The maximum absolute atomic E-state index is 10.5. The molecule has 0 saturated carbocycles. The monoisotopic (exact) mass is 206 g/mol. The van der Waals surface area contributed by atoms with Gasteiger partial charge in [0.1, 0.15) is 12.4 Å². The molecular formula is C8H11ClO4. The number of hydrogen-bond acceptors (Lipinski definition) is 4. The summed E-state index contributed by atoms with van der Waals surface area (Å²) in [5.74, 6) is -0.460. The van der Waals surface area contributed by atoms with Crippen LogP contribution in [0.3, 0.4) is 0 Å². The Morgan fingerprint density at radius 1 is 1.31 bits per heavy atom. The standard InChI is InChI=1S/C8H11ClO4/c1-6(10)12-5-8(3-4-9)13-7(2)11/h3H,4-5H2,1-2H3/b8-3+. The summed E-state index contributed by atoms with van der Waals surface area (Å²) in [7, 11) is 0. The van der Waals surface area contributed by atoms with Gasteiger partial charge in [-0.3, -0.25) is 9.59 Å². The van der Waals surface area contributed by atoms with Gasteiger partial charge in [0, 0.05) is 19.7 Å². The molecule has 74 valence electrons. The van der Waals surface area contributed by atoms with Gasteiger partial charge in [-0.1, -0.05) is 0 Å². The molecule has 0 atom stereocenters. The lowest BCUT2D eigenvalue weighted by Gasteiger charge is -2.06. The molecule has 0 aromatic carbocycles. The van der Waals surface area contributed by atoms with Crippen LogP contribution in [0.25, 0.3) is 0 Å². The zero-order chi connectivity index (χ0) is 10.3. The van der Waals surface area contributed by atoms with Crippen molar-refractivity contribution >= 4 is 23.5 Å². The van der Waals surface area contributed by atoms with E-state index >= 15 is 0 Å². The van der Waals surface area contributed by atoms with E-state index in [-0.39, 0.29) is 18.2 Å². The molecule has 0 saturated heterocycles. The van der Waals surface area contributed by atoms with Gasteiger partial charge in [0.05, 0.1) is 0 Å². The number of alkyl halides is 1. The third-order valence-electron chi connectivity index (χ3n) is 0.997. The van der Waals surface area contributed by atoms with Crippen molar-refractivity contribution in [3.63, 3.8) is 0 Å². The second kappa shape index (κ2) is 6.48. The molecule has 5 heteroatoms. The van der Waals surface area contributed by atoms with Crippen LogP contribution in [0.1, 0.15) is 13.8 Å². The number of esters is 2. The van der Waals surface area contributed by atoms with Crippen LogP contribution in [0.5, 0.6) is 0 Å². The Hall–Kier alpha value is -1.03. The molecule has 0 aliphatic rings. The van der Waals surface area contributed by atoms with Crippen LogP contribution in [0.15, 0.2) is 11.8 Å². The molecule has 0 aliphatic heterocycles. The third-order valence-corrected chi connectivity index (χ3v) is 1.15. The highest BCUT2D eigenvalue weighted by Gasteiger charge is 2.03. The highest BCUT2D eigenvalue weighted by molar-refractivity contribution is 6.18. The fourth-order valence-corrected chi connectivity index (χ4v) is 0.746. The number of hydrogen-bond donors (Lipinski definition) is 0. The molecule has 0 amide bonds. The van der Waals surface area contributed by atoms with Crippen molar-refractivity contribution in [2.24, 2.45) is 0 Å². The van der Waals surface area contributed by atoms with E-state index in [1.807, 2.05) is 0 Å². The topological polar surface area (TPSA) is 52.6 Å². The minimum atomic E-state index is -0.469. The number of carbonyl (C=O) groups excluding carboxylic acids is 2. The molecule has 0 unspecified atom stereocenters. The second-order valence-corrected chi connectivity index (χ2v) is 2.51. The fraction of sp³-hybridized carbons (Fsp3) is 0.500. The minimum Gasteiger partial charge on any atom is -0.458 e. The second-order valence-electron chi connectivity index (χ2n) is 2.20. The van der Waals surface area contributed by atoms with Gasteiger partial charge in [-0.25, -0.2) is 0 Å². The van der Waals surface area contributed by atoms with Crippen LogP contribution in [0.4, 0.5) is 0 Å². The first-order valence-corrected chi connectivity index (χ1v) is 4.16. The molecule has 0 radical (unpaired) electrons. The normalized spacial score (nSPS) is 10.8. The maximum Gasteiger partial charge on any atom is 0.307 e. The van der Waals surface area contributed by atoms with Gasteiger partial charge < -0.3 is 9.47 Å². The largest absolute Gasteiger partial charge is 0.458 e. The summed E-state index contributed by atoms with van der Waals surface area (Å²) in [6.45, 7) is 2.46. The fourth-order valence-electron chi connectivity index (χ4n) is 0.573. The average Bonchev–Trinajstić information content (AvgIpc) is 1.99. The van der Waals surface area contributed by atoms with Crippen LogP contribution in [0.2, 0.25) is 0 Å². The van der Waals surface area contributed by atoms with Gasteiger partial charge in [-0.05, 0) is 6.08 Å². The number of carbonyl (C=O) groups is 2. The van der Waals surface area contributed by atoms with E-state index in [1.54, 1.807) is 0 Å². The first-order valence-electron chi connectivity index (χ1n) is 3.63. The molecular weight excluding hydrogens is 196 g/mol. The number of allylic oxidation sites excluding steroid dienone is 1. The van der Waals surface area contributed by atoms with Gasteiger partial charge in [0.2, 0.25) is 0 Å². The summed E-state index contributed by atoms with van der Waals surface area (Å²) in [4.78, 5) is 20.9. The molecule has 4 nitrogen and oxygen atoms in total. The number of rotatable bonds is 4. The Labute approximate surface area is 81.5 Å². The van der Waals surface area contributed by atoms with Crippen LogP contribution >= 0.6 is 11.6 Å². The van der Waals surface area contributed by atoms with Crippen LogP contribution in [0, 0.1) is 0 Å². The van der Waals surface area contributed by atoms with Gasteiger partial charge >= 0.3 is 11.9 Å². The first-order chi connectivity index (χ1) is 6.06. The molecule has 0 heterocycles. The molecule has 0 fully saturated rings.